The molecular weight excluding hydrogens is 412 g/mol. The van der Waals surface area contributed by atoms with E-state index in [1.54, 1.807) is 14.7 Å². The summed E-state index contributed by atoms with van der Waals surface area (Å²) >= 11 is 0. The first-order chi connectivity index (χ1) is 14.7. The van der Waals surface area contributed by atoms with Crippen molar-refractivity contribution < 1.29 is 39.6 Å². The molecule has 0 radical (unpaired) electrons. The smallest absolute Gasteiger partial charge is 0.317 e. The van der Waals surface area contributed by atoms with Gasteiger partial charge in [0.2, 0.25) is 0 Å². The Morgan fingerprint density at radius 2 is 0.806 bits per heavy atom. The molecule has 4 N–H and O–H groups in total. The van der Waals surface area contributed by atoms with Crippen LogP contribution in [0.25, 0.3) is 0 Å². The molecule has 1 fully saturated rings. The molecule has 1 aliphatic rings. The lowest BCUT2D eigenvalue weighted by atomic mass is 10.2. The molecule has 0 aromatic heterocycles. The van der Waals surface area contributed by atoms with Gasteiger partial charge in [-0.15, -0.1) is 0 Å². The minimum atomic E-state index is -0.991. The van der Waals surface area contributed by atoms with Crippen molar-refractivity contribution in [3.05, 3.63) is 0 Å². The number of nitrogens with zero attached hydrogens (tertiary/aromatic N) is 4. The summed E-state index contributed by atoms with van der Waals surface area (Å²) in [6.45, 7) is 3.65. The van der Waals surface area contributed by atoms with E-state index in [9.17, 15) is 29.4 Å². The standard InChI is InChI=1S/C19H34N4O8/c24-16(25)3-1-2-4-20-5-7-21(13-17(26)27)9-11-23(15-19(30)31)12-10-22(8-6-20)14-18(28)29/h1-15H2,(H,24,25)(H,26,27)(H,28,29)(H,30,31). The summed E-state index contributed by atoms with van der Waals surface area (Å²) in [6, 6.07) is 0. The quantitative estimate of drug-likeness (QED) is 0.278. The highest BCUT2D eigenvalue weighted by atomic mass is 16.4. The van der Waals surface area contributed by atoms with Crippen LogP contribution in [-0.2, 0) is 19.2 Å². The summed E-state index contributed by atoms with van der Waals surface area (Å²) < 4.78 is 0. The Labute approximate surface area is 181 Å². The Hall–Kier alpha value is -2.28. The number of unbranched alkanes of at least 4 members (excludes halogenated alkanes) is 1. The zero-order valence-corrected chi connectivity index (χ0v) is 17.8. The van der Waals surface area contributed by atoms with Crippen LogP contribution in [0.1, 0.15) is 19.3 Å². The van der Waals surface area contributed by atoms with Gasteiger partial charge >= 0.3 is 23.9 Å². The van der Waals surface area contributed by atoms with Crippen molar-refractivity contribution in [3.8, 4) is 0 Å². The first-order valence-electron chi connectivity index (χ1n) is 10.4. The molecular formula is C19H34N4O8. The van der Waals surface area contributed by atoms with Crippen LogP contribution in [0.2, 0.25) is 0 Å². The fourth-order valence-corrected chi connectivity index (χ4v) is 3.46. The predicted molar refractivity (Wildman–Crippen MR) is 110 cm³/mol. The molecule has 0 aromatic carbocycles. The molecule has 0 amide bonds. The molecule has 1 saturated heterocycles. The van der Waals surface area contributed by atoms with Crippen LogP contribution in [0.15, 0.2) is 0 Å². The Kier molecular flexibility index (Phi) is 12.7. The van der Waals surface area contributed by atoms with E-state index < -0.39 is 23.9 Å². The SMILES string of the molecule is O=C(O)CCCCN1CCN(CC(=O)O)CCN(CC(=O)O)CCN(CC(=O)O)CC1. The Morgan fingerprint density at radius 3 is 1.10 bits per heavy atom. The number of carbonyl (C=O) groups is 4. The first-order valence-corrected chi connectivity index (χ1v) is 10.4. The second-order valence-corrected chi connectivity index (χ2v) is 7.70. The minimum absolute atomic E-state index is 0.0868. The minimum Gasteiger partial charge on any atom is -0.481 e. The van der Waals surface area contributed by atoms with Crippen LogP contribution in [0.4, 0.5) is 0 Å². The normalized spacial score (nSPS) is 18.7. The highest BCUT2D eigenvalue weighted by molar-refractivity contribution is 5.70. The number of aliphatic carboxylic acids is 4. The Balaban J connectivity index is 2.84. The van der Waals surface area contributed by atoms with Crippen LogP contribution >= 0.6 is 0 Å². The van der Waals surface area contributed by atoms with Gasteiger partial charge in [-0.3, -0.25) is 33.9 Å². The Bertz CT molecular complexity index is 571. The topological polar surface area (TPSA) is 162 Å². The van der Waals surface area contributed by atoms with E-state index in [2.05, 4.69) is 4.90 Å². The molecule has 0 unspecified atom stereocenters. The maximum Gasteiger partial charge on any atom is 0.317 e. The molecule has 0 bridgehead atoms. The number of carboxylic acid groups (broad SMARTS) is 4. The molecule has 178 valence electrons. The third-order valence-electron chi connectivity index (χ3n) is 5.12. The van der Waals surface area contributed by atoms with Gasteiger partial charge in [-0.2, -0.15) is 0 Å². The number of rotatable bonds is 11. The molecule has 0 atom stereocenters. The van der Waals surface area contributed by atoms with E-state index in [4.69, 9.17) is 10.2 Å². The molecule has 12 heteroatoms. The fraction of sp³-hybridized carbons (Fsp3) is 0.789. The molecule has 0 spiro atoms. The van der Waals surface area contributed by atoms with Crippen LogP contribution in [-0.4, -0.2) is 142 Å². The third kappa shape index (κ3) is 13.6. The van der Waals surface area contributed by atoms with Gasteiger partial charge in [-0.05, 0) is 19.4 Å². The Morgan fingerprint density at radius 1 is 0.484 bits per heavy atom. The summed E-state index contributed by atoms with van der Waals surface area (Å²) in [7, 11) is 0. The highest BCUT2D eigenvalue weighted by Gasteiger charge is 2.20. The lowest BCUT2D eigenvalue weighted by molar-refractivity contribution is -0.140. The van der Waals surface area contributed by atoms with Gasteiger partial charge in [-0.25, -0.2) is 0 Å². The van der Waals surface area contributed by atoms with Gasteiger partial charge in [-0.1, -0.05) is 0 Å². The first kappa shape index (κ1) is 26.8. The molecule has 0 aromatic rings. The molecule has 1 heterocycles. The monoisotopic (exact) mass is 446 g/mol. The van der Waals surface area contributed by atoms with Gasteiger partial charge in [0.25, 0.3) is 0 Å². The van der Waals surface area contributed by atoms with Crippen molar-refractivity contribution in [2.75, 3.05) is 78.5 Å². The van der Waals surface area contributed by atoms with E-state index in [1.165, 1.54) is 0 Å². The second kappa shape index (κ2) is 14.7. The van der Waals surface area contributed by atoms with Crippen molar-refractivity contribution >= 4 is 23.9 Å². The fourth-order valence-electron chi connectivity index (χ4n) is 3.46. The van der Waals surface area contributed by atoms with Crippen molar-refractivity contribution in [1.29, 1.82) is 0 Å². The summed E-state index contributed by atoms with van der Waals surface area (Å²) in [5.41, 5.74) is 0. The number of hydrogen-bond acceptors (Lipinski definition) is 8. The summed E-state index contributed by atoms with van der Waals surface area (Å²) in [5.74, 6) is -3.76. The third-order valence-corrected chi connectivity index (χ3v) is 5.12. The number of carboxylic acids is 4. The van der Waals surface area contributed by atoms with Crippen LogP contribution in [0.3, 0.4) is 0 Å². The van der Waals surface area contributed by atoms with Crippen LogP contribution in [0.5, 0.6) is 0 Å². The molecule has 0 saturated carbocycles. The van der Waals surface area contributed by atoms with Crippen molar-refractivity contribution in [1.82, 2.24) is 19.6 Å². The lowest BCUT2D eigenvalue weighted by Gasteiger charge is -2.33. The van der Waals surface area contributed by atoms with Gasteiger partial charge < -0.3 is 25.3 Å². The van der Waals surface area contributed by atoms with E-state index in [-0.39, 0.29) is 26.1 Å². The van der Waals surface area contributed by atoms with E-state index in [0.29, 0.717) is 71.7 Å². The largest absolute Gasteiger partial charge is 0.481 e. The van der Waals surface area contributed by atoms with Crippen LogP contribution in [0, 0.1) is 0 Å². The van der Waals surface area contributed by atoms with Crippen molar-refractivity contribution in [3.63, 3.8) is 0 Å². The summed E-state index contributed by atoms with van der Waals surface area (Å²) in [5, 5.41) is 36.3. The van der Waals surface area contributed by atoms with Gasteiger partial charge in [0.15, 0.2) is 0 Å². The summed E-state index contributed by atoms with van der Waals surface area (Å²) in [4.78, 5) is 51.6. The maximum absolute atomic E-state index is 11.2. The summed E-state index contributed by atoms with van der Waals surface area (Å²) in [6.07, 6.45) is 1.30. The lowest BCUT2D eigenvalue weighted by Crippen LogP contribution is -2.48. The highest BCUT2D eigenvalue weighted by Crippen LogP contribution is 2.04. The zero-order valence-electron chi connectivity index (χ0n) is 17.8. The average Bonchev–Trinajstić information content (AvgIpc) is 2.65. The molecule has 0 aliphatic carbocycles. The second-order valence-electron chi connectivity index (χ2n) is 7.70. The average molecular weight is 447 g/mol. The number of hydrogen-bond donors (Lipinski definition) is 4. The van der Waals surface area contributed by atoms with E-state index in [1.807, 2.05) is 0 Å². The molecule has 1 aliphatic heterocycles. The molecule has 31 heavy (non-hydrogen) atoms. The molecule has 12 nitrogen and oxygen atoms in total. The maximum atomic E-state index is 11.2. The van der Waals surface area contributed by atoms with E-state index in [0.717, 1.165) is 0 Å². The molecule has 1 rings (SSSR count). The van der Waals surface area contributed by atoms with Gasteiger partial charge in [0.05, 0.1) is 19.6 Å². The van der Waals surface area contributed by atoms with Crippen molar-refractivity contribution in [2.24, 2.45) is 0 Å². The van der Waals surface area contributed by atoms with Gasteiger partial charge in [0, 0.05) is 58.8 Å². The van der Waals surface area contributed by atoms with Gasteiger partial charge in [0.1, 0.15) is 0 Å². The van der Waals surface area contributed by atoms with Crippen LogP contribution < -0.4 is 0 Å². The predicted octanol–water partition coefficient (Wildman–Crippen LogP) is -1.28. The van der Waals surface area contributed by atoms with E-state index >= 15 is 0 Å². The van der Waals surface area contributed by atoms with Crippen molar-refractivity contribution in [2.45, 2.75) is 19.3 Å². The zero-order chi connectivity index (χ0) is 23.2.